The second-order valence-electron chi connectivity index (χ2n) is 4.12. The standard InChI is InChI=1S/C10H10ClFN2O3S/c11-9-2-1-8(4-13-9)14-5-7(3-10(14)15)6-18(12,16)17/h1-2,4,7H,3,5-6H2. The lowest BCUT2D eigenvalue weighted by Crippen LogP contribution is -2.25. The smallest absolute Gasteiger partial charge is 0.302 e. The van der Waals surface area contributed by atoms with Crippen molar-refractivity contribution in [1.29, 1.82) is 0 Å². The van der Waals surface area contributed by atoms with Crippen molar-refractivity contribution in [1.82, 2.24) is 4.98 Å². The fraction of sp³-hybridized carbons (Fsp3) is 0.400. The van der Waals surface area contributed by atoms with Crippen LogP contribution in [0.3, 0.4) is 0 Å². The first-order valence-electron chi connectivity index (χ1n) is 5.19. The van der Waals surface area contributed by atoms with Crippen molar-refractivity contribution in [3.05, 3.63) is 23.5 Å². The Morgan fingerprint density at radius 1 is 1.50 bits per heavy atom. The van der Waals surface area contributed by atoms with Gasteiger partial charge >= 0.3 is 10.2 Å². The number of hydrogen-bond acceptors (Lipinski definition) is 4. The molecule has 1 atom stereocenters. The molecular formula is C10H10ClFN2O3S. The van der Waals surface area contributed by atoms with E-state index >= 15 is 0 Å². The summed E-state index contributed by atoms with van der Waals surface area (Å²) in [5.74, 6) is -1.40. The van der Waals surface area contributed by atoms with Crippen LogP contribution in [0.4, 0.5) is 9.57 Å². The van der Waals surface area contributed by atoms with Gasteiger partial charge in [-0.2, -0.15) is 8.42 Å². The fourth-order valence-corrected chi connectivity index (χ4v) is 2.85. The summed E-state index contributed by atoms with van der Waals surface area (Å²) in [4.78, 5) is 16.9. The van der Waals surface area contributed by atoms with Crippen molar-refractivity contribution in [2.75, 3.05) is 17.2 Å². The molecule has 0 radical (unpaired) electrons. The first kappa shape index (κ1) is 13.2. The van der Waals surface area contributed by atoms with Gasteiger partial charge in [0.2, 0.25) is 5.91 Å². The topological polar surface area (TPSA) is 67.3 Å². The molecule has 1 aromatic heterocycles. The number of halogens is 2. The Kier molecular flexibility index (Phi) is 3.54. The molecule has 5 nitrogen and oxygen atoms in total. The van der Waals surface area contributed by atoms with Crippen LogP contribution in [0.1, 0.15) is 6.42 Å². The molecule has 1 aliphatic rings. The molecule has 0 aromatic carbocycles. The number of amides is 1. The first-order chi connectivity index (χ1) is 8.35. The maximum Gasteiger partial charge on any atom is 0.302 e. The first-order valence-corrected chi connectivity index (χ1v) is 7.12. The van der Waals surface area contributed by atoms with Crippen LogP contribution in [0, 0.1) is 5.92 Å². The summed E-state index contributed by atoms with van der Waals surface area (Å²) in [5.41, 5.74) is 0.531. The molecule has 18 heavy (non-hydrogen) atoms. The number of nitrogens with zero attached hydrogens (tertiary/aromatic N) is 2. The van der Waals surface area contributed by atoms with E-state index in [-0.39, 0.29) is 18.9 Å². The van der Waals surface area contributed by atoms with Crippen molar-refractivity contribution >= 4 is 33.4 Å². The SMILES string of the molecule is O=C1CC(CS(=O)(=O)F)CN1c1ccc(Cl)nc1. The van der Waals surface area contributed by atoms with E-state index in [4.69, 9.17) is 11.6 Å². The van der Waals surface area contributed by atoms with Crippen LogP contribution >= 0.6 is 11.6 Å². The third-order valence-electron chi connectivity index (χ3n) is 2.66. The van der Waals surface area contributed by atoms with Crippen LogP contribution in [0.15, 0.2) is 18.3 Å². The maximum absolute atomic E-state index is 12.6. The molecule has 1 unspecified atom stereocenters. The van der Waals surface area contributed by atoms with Gasteiger partial charge < -0.3 is 4.90 Å². The van der Waals surface area contributed by atoms with Crippen LogP contribution in [-0.4, -0.2) is 31.6 Å². The normalized spacial score (nSPS) is 20.4. The van der Waals surface area contributed by atoms with Crippen molar-refractivity contribution in [3.63, 3.8) is 0 Å². The van der Waals surface area contributed by atoms with Crippen LogP contribution in [0.5, 0.6) is 0 Å². The summed E-state index contributed by atoms with van der Waals surface area (Å²) in [6.45, 7) is 0.172. The summed E-state index contributed by atoms with van der Waals surface area (Å²) in [7, 11) is -4.56. The molecule has 1 aromatic rings. The lowest BCUT2D eigenvalue weighted by atomic mass is 10.1. The number of rotatable bonds is 3. The summed E-state index contributed by atoms with van der Waals surface area (Å²) in [6, 6.07) is 3.14. The third kappa shape index (κ3) is 3.17. The van der Waals surface area contributed by atoms with E-state index in [0.717, 1.165) is 0 Å². The molecule has 2 rings (SSSR count). The van der Waals surface area contributed by atoms with Gasteiger partial charge in [-0.3, -0.25) is 4.79 Å². The van der Waals surface area contributed by atoms with E-state index in [1.807, 2.05) is 0 Å². The third-order valence-corrected chi connectivity index (χ3v) is 3.76. The molecule has 98 valence electrons. The molecule has 8 heteroatoms. The van der Waals surface area contributed by atoms with Crippen LogP contribution in [0.25, 0.3) is 0 Å². The molecule has 0 N–H and O–H groups in total. The molecule has 0 bridgehead atoms. The zero-order chi connectivity index (χ0) is 13.3. The molecule has 1 amide bonds. The summed E-state index contributed by atoms with van der Waals surface area (Å²) >= 11 is 5.63. The Hall–Kier alpha value is -1.21. The van der Waals surface area contributed by atoms with Crippen LogP contribution < -0.4 is 4.90 Å². The van der Waals surface area contributed by atoms with Crippen molar-refractivity contribution in [2.45, 2.75) is 6.42 Å². The highest BCUT2D eigenvalue weighted by atomic mass is 35.5. The van der Waals surface area contributed by atoms with E-state index in [9.17, 15) is 17.1 Å². The van der Waals surface area contributed by atoms with Crippen molar-refractivity contribution in [2.24, 2.45) is 5.92 Å². The van der Waals surface area contributed by atoms with Crippen LogP contribution in [0.2, 0.25) is 5.15 Å². The molecule has 0 aliphatic carbocycles. The Balaban J connectivity index is 2.12. The van der Waals surface area contributed by atoms with Gasteiger partial charge in [0, 0.05) is 18.9 Å². The van der Waals surface area contributed by atoms with Crippen molar-refractivity contribution < 1.29 is 17.1 Å². The van der Waals surface area contributed by atoms with Gasteiger partial charge in [-0.25, -0.2) is 4.98 Å². The average molecular weight is 293 g/mol. The molecule has 2 heterocycles. The van der Waals surface area contributed by atoms with Gasteiger partial charge in [-0.05, 0) is 12.1 Å². The molecule has 1 aliphatic heterocycles. The highest BCUT2D eigenvalue weighted by Gasteiger charge is 2.33. The molecule has 1 fully saturated rings. The predicted octanol–water partition coefficient (Wildman–Crippen LogP) is 1.39. The lowest BCUT2D eigenvalue weighted by Gasteiger charge is -2.15. The number of pyridine rings is 1. The largest absolute Gasteiger partial charge is 0.311 e. The van der Waals surface area contributed by atoms with Gasteiger partial charge in [-0.1, -0.05) is 11.6 Å². The quantitative estimate of drug-likeness (QED) is 0.624. The lowest BCUT2D eigenvalue weighted by molar-refractivity contribution is -0.117. The minimum atomic E-state index is -4.56. The second-order valence-corrected chi connectivity index (χ2v) is 5.92. The Morgan fingerprint density at radius 2 is 2.22 bits per heavy atom. The molecule has 1 saturated heterocycles. The minimum Gasteiger partial charge on any atom is -0.311 e. The van der Waals surface area contributed by atoms with E-state index < -0.39 is 21.9 Å². The number of carbonyl (C=O) groups excluding carboxylic acids is 1. The highest BCUT2D eigenvalue weighted by Crippen LogP contribution is 2.26. The zero-order valence-electron chi connectivity index (χ0n) is 9.21. The second kappa shape index (κ2) is 4.81. The van der Waals surface area contributed by atoms with Crippen LogP contribution in [-0.2, 0) is 15.0 Å². The van der Waals surface area contributed by atoms with E-state index in [1.54, 1.807) is 6.07 Å². The molecule has 0 spiro atoms. The number of anilines is 1. The fourth-order valence-electron chi connectivity index (χ4n) is 1.95. The Morgan fingerprint density at radius 3 is 2.78 bits per heavy atom. The summed E-state index contributed by atoms with van der Waals surface area (Å²) in [6.07, 6.45) is 1.44. The van der Waals surface area contributed by atoms with E-state index in [2.05, 4.69) is 4.98 Å². The predicted molar refractivity (Wildman–Crippen MR) is 64.6 cm³/mol. The van der Waals surface area contributed by atoms with Gasteiger partial charge in [0.15, 0.2) is 0 Å². The number of aromatic nitrogens is 1. The monoisotopic (exact) mass is 292 g/mol. The minimum absolute atomic E-state index is 0.0196. The Bertz CT molecular complexity index is 561. The van der Waals surface area contributed by atoms with Gasteiger partial charge in [0.25, 0.3) is 0 Å². The zero-order valence-corrected chi connectivity index (χ0v) is 10.8. The van der Waals surface area contributed by atoms with Gasteiger partial charge in [0.1, 0.15) is 5.15 Å². The molecule has 0 saturated carbocycles. The van der Waals surface area contributed by atoms with Gasteiger partial charge in [0.05, 0.1) is 17.6 Å². The van der Waals surface area contributed by atoms with Crippen molar-refractivity contribution in [3.8, 4) is 0 Å². The summed E-state index contributed by atoms with van der Waals surface area (Å²) < 4.78 is 33.7. The summed E-state index contributed by atoms with van der Waals surface area (Å²) in [5, 5.41) is 0.299. The van der Waals surface area contributed by atoms with E-state index in [0.29, 0.717) is 10.8 Å². The number of carbonyl (C=O) groups is 1. The Labute approximate surface area is 109 Å². The highest BCUT2D eigenvalue weighted by molar-refractivity contribution is 7.86. The average Bonchev–Trinajstić information content (AvgIpc) is 2.58. The van der Waals surface area contributed by atoms with Gasteiger partial charge in [-0.15, -0.1) is 3.89 Å². The van der Waals surface area contributed by atoms with E-state index in [1.165, 1.54) is 17.2 Å². The molecular weight excluding hydrogens is 283 g/mol. The maximum atomic E-state index is 12.6. The number of hydrogen-bond donors (Lipinski definition) is 0.